The summed E-state index contributed by atoms with van der Waals surface area (Å²) < 4.78 is 6.57. The van der Waals surface area contributed by atoms with Crippen LogP contribution in [0.2, 0.25) is 0 Å². The molecule has 1 rings (SSSR count). The molecule has 0 radical (unpaired) electrons. The molecule has 4 heteroatoms. The summed E-state index contributed by atoms with van der Waals surface area (Å²) in [4.78, 5) is 11.0. The molecule has 0 N–H and O–H groups in total. The number of hydrogen-bond acceptors (Lipinski definition) is 3. The molecule has 0 fully saturated rings. The number of esters is 1. The van der Waals surface area contributed by atoms with Crippen LogP contribution >= 0.6 is 0 Å². The highest BCUT2D eigenvalue weighted by atomic mass is 16.5. The molecule has 1 aromatic heterocycles. The molecule has 0 aromatic carbocycles. The molecule has 72 valence electrons. The number of hydrogen-bond donors (Lipinski definition) is 0. The predicted molar refractivity (Wildman–Crippen MR) is 48.2 cm³/mol. The van der Waals surface area contributed by atoms with Crippen LogP contribution in [0.25, 0.3) is 0 Å². The van der Waals surface area contributed by atoms with Gasteiger partial charge in [0.1, 0.15) is 0 Å². The van der Waals surface area contributed by atoms with Crippen molar-refractivity contribution < 1.29 is 9.53 Å². The fourth-order valence-corrected chi connectivity index (χ4v) is 1.11. The number of carbonyl (C=O) groups excluding carboxylic acids is 1. The second-order valence-electron chi connectivity index (χ2n) is 2.75. The minimum atomic E-state index is -0.149. The van der Waals surface area contributed by atoms with E-state index in [9.17, 15) is 4.79 Å². The number of rotatable bonds is 4. The summed E-state index contributed by atoms with van der Waals surface area (Å²) in [7, 11) is 1.86. The van der Waals surface area contributed by atoms with Crippen LogP contribution in [0.4, 0.5) is 0 Å². The molecular weight excluding hydrogens is 168 g/mol. The Labute approximate surface area is 77.5 Å². The van der Waals surface area contributed by atoms with Crippen LogP contribution in [-0.2, 0) is 23.0 Å². The molecule has 13 heavy (non-hydrogen) atoms. The van der Waals surface area contributed by atoms with Gasteiger partial charge in [0, 0.05) is 18.9 Å². The van der Waals surface area contributed by atoms with Crippen LogP contribution < -0.4 is 0 Å². The molecule has 1 aromatic rings. The lowest BCUT2D eigenvalue weighted by atomic mass is 10.2. The van der Waals surface area contributed by atoms with E-state index in [2.05, 4.69) is 5.10 Å². The van der Waals surface area contributed by atoms with Crippen molar-refractivity contribution in [2.24, 2.45) is 7.05 Å². The van der Waals surface area contributed by atoms with Gasteiger partial charge in [0.05, 0.1) is 13.0 Å². The molecule has 0 bridgehead atoms. The van der Waals surface area contributed by atoms with Gasteiger partial charge in [0.2, 0.25) is 0 Å². The fourth-order valence-electron chi connectivity index (χ4n) is 1.11. The van der Waals surface area contributed by atoms with Gasteiger partial charge >= 0.3 is 5.97 Å². The second-order valence-corrected chi connectivity index (χ2v) is 2.75. The number of aromatic nitrogens is 2. The first-order chi connectivity index (χ1) is 6.24. The maximum absolute atomic E-state index is 11.0. The first-order valence-electron chi connectivity index (χ1n) is 4.36. The molecule has 0 spiro atoms. The van der Waals surface area contributed by atoms with E-state index in [-0.39, 0.29) is 5.97 Å². The van der Waals surface area contributed by atoms with Crippen molar-refractivity contribution in [2.75, 3.05) is 6.61 Å². The van der Waals surface area contributed by atoms with E-state index in [0.29, 0.717) is 19.4 Å². The first-order valence-corrected chi connectivity index (χ1v) is 4.36. The maximum atomic E-state index is 11.0. The van der Waals surface area contributed by atoms with Gasteiger partial charge in [-0.05, 0) is 19.4 Å². The summed E-state index contributed by atoms with van der Waals surface area (Å²) in [5.41, 5.74) is 1.05. The Morgan fingerprint density at radius 3 is 3.00 bits per heavy atom. The third kappa shape index (κ3) is 2.89. The topological polar surface area (TPSA) is 44.1 Å². The average Bonchev–Trinajstić information content (AvgIpc) is 2.48. The van der Waals surface area contributed by atoms with Crippen molar-refractivity contribution in [3.05, 3.63) is 18.0 Å². The highest BCUT2D eigenvalue weighted by Crippen LogP contribution is 2.01. The monoisotopic (exact) mass is 182 g/mol. The Kier molecular flexibility index (Phi) is 3.49. The molecule has 0 amide bonds. The molecule has 0 aliphatic heterocycles. The van der Waals surface area contributed by atoms with E-state index in [1.807, 2.05) is 20.0 Å². The quantitative estimate of drug-likeness (QED) is 0.650. The Bertz CT molecular complexity index is 281. The van der Waals surface area contributed by atoms with Crippen molar-refractivity contribution >= 4 is 5.97 Å². The smallest absolute Gasteiger partial charge is 0.306 e. The lowest BCUT2D eigenvalue weighted by Crippen LogP contribution is -2.07. The molecule has 0 aliphatic rings. The Balaban J connectivity index is 2.35. The van der Waals surface area contributed by atoms with E-state index in [1.54, 1.807) is 10.9 Å². The van der Waals surface area contributed by atoms with Gasteiger partial charge in [-0.15, -0.1) is 0 Å². The SMILES string of the molecule is CCOC(=O)CCc1ccnn1C. The molecule has 0 aliphatic carbocycles. The normalized spacial score (nSPS) is 10.0. The van der Waals surface area contributed by atoms with Crippen molar-refractivity contribution in [1.29, 1.82) is 0 Å². The highest BCUT2D eigenvalue weighted by molar-refractivity contribution is 5.69. The number of carbonyl (C=O) groups is 1. The fraction of sp³-hybridized carbons (Fsp3) is 0.556. The number of aryl methyl sites for hydroxylation is 2. The van der Waals surface area contributed by atoms with Gasteiger partial charge in [-0.1, -0.05) is 0 Å². The molecule has 0 atom stereocenters. The molecule has 0 saturated carbocycles. The van der Waals surface area contributed by atoms with Gasteiger partial charge in [0.15, 0.2) is 0 Å². The van der Waals surface area contributed by atoms with Crippen LogP contribution in [-0.4, -0.2) is 22.4 Å². The molecule has 0 saturated heterocycles. The molecule has 1 heterocycles. The Hall–Kier alpha value is -1.32. The summed E-state index contributed by atoms with van der Waals surface area (Å²) in [5, 5.41) is 4.01. The average molecular weight is 182 g/mol. The van der Waals surface area contributed by atoms with Crippen molar-refractivity contribution in [3.8, 4) is 0 Å². The summed E-state index contributed by atoms with van der Waals surface area (Å²) in [6.07, 6.45) is 2.84. The number of ether oxygens (including phenoxy) is 1. The Morgan fingerprint density at radius 2 is 2.46 bits per heavy atom. The van der Waals surface area contributed by atoms with Gasteiger partial charge in [-0.2, -0.15) is 5.10 Å². The molecule has 0 unspecified atom stereocenters. The Morgan fingerprint density at radius 1 is 1.69 bits per heavy atom. The van der Waals surface area contributed by atoms with E-state index >= 15 is 0 Å². The zero-order chi connectivity index (χ0) is 9.68. The number of nitrogens with zero attached hydrogens (tertiary/aromatic N) is 2. The minimum absolute atomic E-state index is 0.149. The van der Waals surface area contributed by atoms with Gasteiger partial charge in [-0.25, -0.2) is 0 Å². The minimum Gasteiger partial charge on any atom is -0.466 e. The lowest BCUT2D eigenvalue weighted by Gasteiger charge is -2.01. The van der Waals surface area contributed by atoms with Crippen LogP contribution in [0.5, 0.6) is 0 Å². The summed E-state index contributed by atoms with van der Waals surface area (Å²) in [6, 6.07) is 1.90. The van der Waals surface area contributed by atoms with E-state index in [0.717, 1.165) is 5.69 Å². The first kappa shape index (κ1) is 9.77. The van der Waals surface area contributed by atoms with Gasteiger partial charge < -0.3 is 4.74 Å². The van der Waals surface area contributed by atoms with Crippen molar-refractivity contribution in [2.45, 2.75) is 19.8 Å². The van der Waals surface area contributed by atoms with Crippen LogP contribution in [0, 0.1) is 0 Å². The zero-order valence-corrected chi connectivity index (χ0v) is 7.99. The van der Waals surface area contributed by atoms with Crippen LogP contribution in [0.3, 0.4) is 0 Å². The second kappa shape index (κ2) is 4.64. The molecular formula is C9H14N2O2. The third-order valence-electron chi connectivity index (χ3n) is 1.81. The predicted octanol–water partition coefficient (Wildman–Crippen LogP) is 0.916. The summed E-state index contributed by atoms with van der Waals surface area (Å²) in [5.74, 6) is -0.149. The van der Waals surface area contributed by atoms with Gasteiger partial charge in [0.25, 0.3) is 0 Å². The van der Waals surface area contributed by atoms with Crippen LogP contribution in [0.1, 0.15) is 19.0 Å². The van der Waals surface area contributed by atoms with E-state index in [4.69, 9.17) is 4.74 Å². The highest BCUT2D eigenvalue weighted by Gasteiger charge is 2.04. The van der Waals surface area contributed by atoms with Crippen molar-refractivity contribution in [3.63, 3.8) is 0 Å². The van der Waals surface area contributed by atoms with Gasteiger partial charge in [-0.3, -0.25) is 9.48 Å². The summed E-state index contributed by atoms with van der Waals surface area (Å²) >= 11 is 0. The standard InChI is InChI=1S/C9H14N2O2/c1-3-13-9(12)5-4-8-6-7-10-11(8)2/h6-7H,3-5H2,1-2H3. The largest absolute Gasteiger partial charge is 0.466 e. The van der Waals surface area contributed by atoms with Crippen LogP contribution in [0.15, 0.2) is 12.3 Å². The van der Waals surface area contributed by atoms with E-state index in [1.165, 1.54) is 0 Å². The zero-order valence-electron chi connectivity index (χ0n) is 7.99. The van der Waals surface area contributed by atoms with E-state index < -0.39 is 0 Å². The summed E-state index contributed by atoms with van der Waals surface area (Å²) in [6.45, 7) is 2.26. The lowest BCUT2D eigenvalue weighted by molar-refractivity contribution is -0.143. The molecule has 4 nitrogen and oxygen atoms in total. The maximum Gasteiger partial charge on any atom is 0.306 e. The third-order valence-corrected chi connectivity index (χ3v) is 1.81. The van der Waals surface area contributed by atoms with Crippen molar-refractivity contribution in [1.82, 2.24) is 9.78 Å².